The molecule has 0 aromatic heterocycles. The molecule has 0 aliphatic heterocycles. The lowest BCUT2D eigenvalue weighted by Crippen LogP contribution is -2.35. The van der Waals surface area contributed by atoms with Crippen molar-refractivity contribution in [1.82, 2.24) is 5.32 Å². The highest BCUT2D eigenvalue weighted by atomic mass is 16.3. The molecule has 0 spiro atoms. The van der Waals surface area contributed by atoms with E-state index in [0.717, 1.165) is 6.42 Å². The van der Waals surface area contributed by atoms with Crippen LogP contribution in [0.25, 0.3) is 0 Å². The van der Waals surface area contributed by atoms with Crippen LogP contribution in [0.4, 0.5) is 0 Å². The van der Waals surface area contributed by atoms with E-state index < -0.39 is 0 Å². The lowest BCUT2D eigenvalue weighted by molar-refractivity contribution is 0.106. The molecule has 3 heteroatoms. The van der Waals surface area contributed by atoms with E-state index in [0.29, 0.717) is 19.0 Å². The van der Waals surface area contributed by atoms with Crippen LogP contribution in [0.1, 0.15) is 27.2 Å². The van der Waals surface area contributed by atoms with Crippen molar-refractivity contribution in [3.05, 3.63) is 0 Å². The quantitative estimate of drug-likeness (QED) is 0.546. The van der Waals surface area contributed by atoms with E-state index in [9.17, 15) is 5.11 Å². The molecule has 0 rings (SSSR count). The summed E-state index contributed by atoms with van der Waals surface area (Å²) in [4.78, 5) is 0. The molecule has 3 nitrogen and oxygen atoms in total. The van der Waals surface area contributed by atoms with E-state index in [4.69, 9.17) is 5.11 Å². The largest absolute Gasteiger partial charge is 0.392 e. The molecule has 0 radical (unpaired) electrons. The Kier molecular flexibility index (Phi) is 6.34. The van der Waals surface area contributed by atoms with Crippen LogP contribution >= 0.6 is 0 Å². The number of nitrogens with one attached hydrogen (secondary N) is 1. The molecule has 0 aliphatic carbocycles. The summed E-state index contributed by atoms with van der Waals surface area (Å²) in [7, 11) is 0. The second kappa shape index (κ2) is 6.40. The van der Waals surface area contributed by atoms with Crippen molar-refractivity contribution in [1.29, 1.82) is 0 Å². The minimum Gasteiger partial charge on any atom is -0.392 e. The molecule has 3 atom stereocenters. The molecule has 0 aliphatic rings. The van der Waals surface area contributed by atoms with Crippen LogP contribution in [0.2, 0.25) is 0 Å². The lowest BCUT2D eigenvalue weighted by Gasteiger charge is -2.17. The normalized spacial score (nSPS) is 18.8. The van der Waals surface area contributed by atoms with Gasteiger partial charge in [-0.3, -0.25) is 0 Å². The molecule has 12 heavy (non-hydrogen) atoms. The van der Waals surface area contributed by atoms with Gasteiger partial charge < -0.3 is 15.5 Å². The van der Waals surface area contributed by atoms with Gasteiger partial charge in [0.1, 0.15) is 0 Å². The lowest BCUT2D eigenvalue weighted by atomic mass is 10.0. The maximum absolute atomic E-state index is 9.49. The Hall–Kier alpha value is -0.120. The number of rotatable bonds is 6. The van der Waals surface area contributed by atoms with Crippen molar-refractivity contribution < 1.29 is 10.2 Å². The van der Waals surface area contributed by atoms with Crippen LogP contribution in [-0.2, 0) is 0 Å². The van der Waals surface area contributed by atoms with Gasteiger partial charge >= 0.3 is 0 Å². The second-order valence-electron chi connectivity index (χ2n) is 3.46. The Bertz CT molecular complexity index is 107. The van der Waals surface area contributed by atoms with E-state index in [1.807, 2.05) is 6.92 Å². The van der Waals surface area contributed by atoms with Gasteiger partial charge in [0.05, 0.1) is 12.2 Å². The first-order valence-corrected chi connectivity index (χ1v) is 4.64. The van der Waals surface area contributed by atoms with E-state index in [-0.39, 0.29) is 12.2 Å². The van der Waals surface area contributed by atoms with E-state index in [1.165, 1.54) is 0 Å². The predicted octanol–water partition coefficient (Wildman–Crippen LogP) is 0.364. The molecule has 74 valence electrons. The predicted molar refractivity (Wildman–Crippen MR) is 50.0 cm³/mol. The highest BCUT2D eigenvalue weighted by molar-refractivity contribution is 4.66. The summed E-state index contributed by atoms with van der Waals surface area (Å²) in [6.45, 7) is 6.92. The minimum absolute atomic E-state index is 0.297. The summed E-state index contributed by atoms with van der Waals surface area (Å²) >= 11 is 0. The molecule has 0 fully saturated rings. The maximum atomic E-state index is 9.49. The van der Waals surface area contributed by atoms with Crippen molar-refractivity contribution in [3.8, 4) is 0 Å². The first kappa shape index (κ1) is 11.9. The van der Waals surface area contributed by atoms with Crippen LogP contribution in [0.5, 0.6) is 0 Å². The molecule has 0 saturated carbocycles. The van der Waals surface area contributed by atoms with Gasteiger partial charge in [-0.1, -0.05) is 20.3 Å². The third-order valence-electron chi connectivity index (χ3n) is 2.09. The molecule has 0 saturated heterocycles. The van der Waals surface area contributed by atoms with Crippen LogP contribution in [0.15, 0.2) is 0 Å². The maximum Gasteiger partial charge on any atom is 0.0689 e. The summed E-state index contributed by atoms with van der Waals surface area (Å²) in [6, 6.07) is 0. The topological polar surface area (TPSA) is 52.5 Å². The van der Waals surface area contributed by atoms with Crippen LogP contribution in [0.3, 0.4) is 0 Å². The zero-order valence-corrected chi connectivity index (χ0v) is 8.25. The average molecular weight is 175 g/mol. The van der Waals surface area contributed by atoms with E-state index in [1.54, 1.807) is 6.92 Å². The molecule has 0 bridgehead atoms. The zero-order chi connectivity index (χ0) is 9.56. The fourth-order valence-electron chi connectivity index (χ4n) is 0.913. The van der Waals surface area contributed by atoms with Gasteiger partial charge in [0.25, 0.3) is 0 Å². The minimum atomic E-state index is -0.339. The molecule has 3 N–H and O–H groups in total. The smallest absolute Gasteiger partial charge is 0.0689 e. The monoisotopic (exact) mass is 175 g/mol. The Morgan fingerprint density at radius 3 is 2.17 bits per heavy atom. The molecule has 3 unspecified atom stereocenters. The van der Waals surface area contributed by atoms with E-state index >= 15 is 0 Å². The van der Waals surface area contributed by atoms with Gasteiger partial charge in [-0.2, -0.15) is 0 Å². The number of hydrogen-bond donors (Lipinski definition) is 3. The molecular formula is C9H21NO2. The van der Waals surface area contributed by atoms with Gasteiger partial charge in [0.15, 0.2) is 0 Å². The van der Waals surface area contributed by atoms with Gasteiger partial charge in [-0.05, 0) is 12.8 Å². The fourth-order valence-corrected chi connectivity index (χ4v) is 0.913. The first-order valence-electron chi connectivity index (χ1n) is 4.64. The standard InChI is InChI=1S/C9H21NO2/c1-4-7(2)9(12)6-10-5-8(3)11/h7-12H,4-6H2,1-3H3. The molecule has 0 aromatic carbocycles. The van der Waals surface area contributed by atoms with Crippen LogP contribution in [0, 0.1) is 5.92 Å². The Morgan fingerprint density at radius 2 is 1.75 bits per heavy atom. The number of aliphatic hydroxyl groups is 2. The number of hydrogen-bond acceptors (Lipinski definition) is 3. The molecule has 0 heterocycles. The fraction of sp³-hybridized carbons (Fsp3) is 1.00. The van der Waals surface area contributed by atoms with Crippen molar-refractivity contribution in [3.63, 3.8) is 0 Å². The first-order chi connectivity index (χ1) is 5.57. The van der Waals surface area contributed by atoms with Gasteiger partial charge in [-0.25, -0.2) is 0 Å². The molecule has 0 amide bonds. The summed E-state index contributed by atoms with van der Waals surface area (Å²) < 4.78 is 0. The van der Waals surface area contributed by atoms with Crippen LogP contribution in [-0.4, -0.2) is 35.5 Å². The molecular weight excluding hydrogens is 154 g/mol. The third-order valence-corrected chi connectivity index (χ3v) is 2.09. The summed E-state index contributed by atoms with van der Waals surface area (Å²) in [6.07, 6.45) is 0.347. The third kappa shape index (κ3) is 5.52. The Labute approximate surface area is 74.8 Å². The number of aliphatic hydroxyl groups excluding tert-OH is 2. The second-order valence-corrected chi connectivity index (χ2v) is 3.46. The van der Waals surface area contributed by atoms with Gasteiger partial charge in [0, 0.05) is 13.1 Å². The molecule has 0 aromatic rings. The van der Waals surface area contributed by atoms with Gasteiger partial charge in [0.2, 0.25) is 0 Å². The highest BCUT2D eigenvalue weighted by Crippen LogP contribution is 2.05. The highest BCUT2D eigenvalue weighted by Gasteiger charge is 2.11. The average Bonchev–Trinajstić information content (AvgIpc) is 2.02. The summed E-state index contributed by atoms with van der Waals surface area (Å²) in [5, 5.41) is 21.4. The van der Waals surface area contributed by atoms with Crippen molar-refractivity contribution in [2.75, 3.05) is 13.1 Å². The van der Waals surface area contributed by atoms with Gasteiger partial charge in [-0.15, -0.1) is 0 Å². The SMILES string of the molecule is CCC(C)C(O)CNCC(C)O. The van der Waals surface area contributed by atoms with E-state index in [2.05, 4.69) is 12.2 Å². The Balaban J connectivity index is 3.37. The van der Waals surface area contributed by atoms with Crippen molar-refractivity contribution >= 4 is 0 Å². The summed E-state index contributed by atoms with van der Waals surface area (Å²) in [5.41, 5.74) is 0. The zero-order valence-electron chi connectivity index (χ0n) is 8.25. The van der Waals surface area contributed by atoms with Crippen LogP contribution < -0.4 is 5.32 Å². The summed E-state index contributed by atoms with van der Waals surface area (Å²) in [5.74, 6) is 0.325. The van der Waals surface area contributed by atoms with Crippen molar-refractivity contribution in [2.24, 2.45) is 5.92 Å². The Morgan fingerprint density at radius 1 is 1.17 bits per heavy atom. The van der Waals surface area contributed by atoms with Crippen molar-refractivity contribution in [2.45, 2.75) is 39.4 Å².